The van der Waals surface area contributed by atoms with Crippen LogP contribution in [0.15, 0.2) is 30.0 Å². The van der Waals surface area contributed by atoms with Gasteiger partial charge in [-0.1, -0.05) is 29.8 Å². The van der Waals surface area contributed by atoms with Gasteiger partial charge in [0.05, 0.1) is 29.6 Å². The third kappa shape index (κ3) is 1.68. The van der Waals surface area contributed by atoms with Crippen molar-refractivity contribution < 1.29 is 19.7 Å². The van der Waals surface area contributed by atoms with Crippen LogP contribution in [0.4, 0.5) is 0 Å². The number of ether oxygens (including phenoxy) is 1. The summed E-state index contributed by atoms with van der Waals surface area (Å²) >= 11 is 0. The monoisotopic (exact) mass is 326 g/mol. The average molecular weight is 326 g/mol. The zero-order chi connectivity index (χ0) is 17.4. The Balaban J connectivity index is 1.93. The van der Waals surface area contributed by atoms with E-state index >= 15 is 0 Å². The molecule has 0 amide bonds. The molecular weight excluding hydrogens is 304 g/mol. The SMILES string of the molecule is Cc1cc(C)c(C2=C(O)[C@H]3[C@@H](C2=O)[C@]2(C)C=C[C@@]3(CO)O2)c(C)c1. The molecule has 2 N–H and O–H groups in total. The van der Waals surface area contributed by atoms with Gasteiger partial charge in [0.2, 0.25) is 0 Å². The van der Waals surface area contributed by atoms with E-state index in [1.54, 1.807) is 6.08 Å². The Hall–Kier alpha value is -1.91. The normalized spacial score (nSPS) is 36.8. The minimum Gasteiger partial charge on any atom is -0.511 e. The van der Waals surface area contributed by atoms with Gasteiger partial charge in [0.15, 0.2) is 5.78 Å². The molecule has 2 heterocycles. The van der Waals surface area contributed by atoms with E-state index in [4.69, 9.17) is 4.74 Å². The van der Waals surface area contributed by atoms with Crippen LogP contribution >= 0.6 is 0 Å². The van der Waals surface area contributed by atoms with Gasteiger partial charge in [0.1, 0.15) is 11.4 Å². The van der Waals surface area contributed by atoms with Crippen LogP contribution in [0.25, 0.3) is 5.57 Å². The van der Waals surface area contributed by atoms with Crippen LogP contribution in [0.3, 0.4) is 0 Å². The molecule has 0 aromatic heterocycles. The molecule has 2 bridgehead atoms. The summed E-state index contributed by atoms with van der Waals surface area (Å²) in [4.78, 5) is 13.2. The number of aryl methyl sites for hydroxylation is 3. The second kappa shape index (κ2) is 4.58. The molecule has 0 unspecified atom stereocenters. The predicted molar refractivity (Wildman–Crippen MR) is 90.6 cm³/mol. The number of ketones is 1. The van der Waals surface area contributed by atoms with Crippen molar-refractivity contribution in [3.05, 3.63) is 52.3 Å². The van der Waals surface area contributed by atoms with E-state index < -0.39 is 23.0 Å². The molecule has 1 aliphatic carbocycles. The minimum absolute atomic E-state index is 0.0576. The van der Waals surface area contributed by atoms with Crippen molar-refractivity contribution in [1.82, 2.24) is 0 Å². The molecule has 1 fully saturated rings. The molecular formula is C20H22O4. The highest BCUT2D eigenvalue weighted by molar-refractivity contribution is 6.26. The van der Waals surface area contributed by atoms with E-state index in [1.807, 2.05) is 45.9 Å². The maximum absolute atomic E-state index is 13.2. The van der Waals surface area contributed by atoms with Gasteiger partial charge in [-0.15, -0.1) is 0 Å². The van der Waals surface area contributed by atoms with E-state index in [0.717, 1.165) is 22.3 Å². The lowest BCUT2D eigenvalue weighted by atomic mass is 9.72. The van der Waals surface area contributed by atoms with Crippen LogP contribution in [-0.2, 0) is 9.53 Å². The standard InChI is InChI=1S/C20H22O4/c1-10-7-11(2)13(12(3)8-10)14-17(22)15-16(18(14)23)20(9-21)6-5-19(15,4)24-20/h5-8,15-16,21,23H,9H2,1-4H3/t15-,16+,19-,20-/m0/s1. The number of carbonyl (C=O) groups is 1. The molecule has 4 atom stereocenters. The number of Topliss-reactive ketones (excluding diaryl/α,β-unsaturated/α-hetero) is 1. The minimum atomic E-state index is -0.993. The Kier molecular flexibility index (Phi) is 2.98. The van der Waals surface area contributed by atoms with Crippen LogP contribution in [-0.4, -0.2) is 33.8 Å². The molecule has 2 aliphatic heterocycles. The fourth-order valence-electron chi connectivity index (χ4n) is 4.98. The predicted octanol–water partition coefficient (Wildman–Crippen LogP) is 2.79. The molecule has 1 saturated heterocycles. The van der Waals surface area contributed by atoms with Gasteiger partial charge < -0.3 is 14.9 Å². The Morgan fingerprint density at radius 2 is 1.75 bits per heavy atom. The van der Waals surface area contributed by atoms with Gasteiger partial charge >= 0.3 is 0 Å². The van der Waals surface area contributed by atoms with E-state index in [-0.39, 0.29) is 18.1 Å². The van der Waals surface area contributed by atoms with Crippen molar-refractivity contribution in [1.29, 1.82) is 0 Å². The summed E-state index contributed by atoms with van der Waals surface area (Å²) in [5, 5.41) is 20.9. The first-order valence-electron chi connectivity index (χ1n) is 8.31. The molecule has 0 spiro atoms. The molecule has 1 aromatic rings. The van der Waals surface area contributed by atoms with Crippen LogP contribution < -0.4 is 0 Å². The lowest BCUT2D eigenvalue weighted by molar-refractivity contribution is -0.121. The van der Waals surface area contributed by atoms with Crippen molar-refractivity contribution in [2.45, 2.75) is 38.9 Å². The fraction of sp³-hybridized carbons (Fsp3) is 0.450. The van der Waals surface area contributed by atoms with E-state index in [1.165, 1.54) is 0 Å². The number of carbonyl (C=O) groups excluding carboxylic acids is 1. The number of hydrogen-bond donors (Lipinski definition) is 2. The number of allylic oxidation sites excluding steroid dienone is 1. The number of benzene rings is 1. The molecule has 3 aliphatic rings. The highest BCUT2D eigenvalue weighted by atomic mass is 16.5. The van der Waals surface area contributed by atoms with Gasteiger partial charge in [-0.05, 0) is 44.4 Å². The molecule has 24 heavy (non-hydrogen) atoms. The first kappa shape index (κ1) is 15.6. The Labute approximate surface area is 141 Å². The number of rotatable bonds is 2. The fourth-order valence-corrected chi connectivity index (χ4v) is 4.98. The summed E-state index contributed by atoms with van der Waals surface area (Å²) in [6, 6.07) is 4.05. The van der Waals surface area contributed by atoms with Crippen LogP contribution in [0, 0.1) is 32.6 Å². The van der Waals surface area contributed by atoms with Crippen molar-refractivity contribution >= 4 is 11.4 Å². The number of aliphatic hydroxyl groups is 2. The Bertz CT molecular complexity index is 811. The molecule has 4 nitrogen and oxygen atoms in total. The third-order valence-electron chi connectivity index (χ3n) is 5.84. The van der Waals surface area contributed by atoms with Gasteiger partial charge in [0, 0.05) is 0 Å². The molecule has 0 saturated carbocycles. The highest BCUT2D eigenvalue weighted by Gasteiger charge is 2.69. The summed E-state index contributed by atoms with van der Waals surface area (Å²) in [6.07, 6.45) is 3.66. The molecule has 126 valence electrons. The van der Waals surface area contributed by atoms with Crippen LogP contribution in [0.1, 0.15) is 29.2 Å². The van der Waals surface area contributed by atoms with Gasteiger partial charge in [-0.2, -0.15) is 0 Å². The van der Waals surface area contributed by atoms with Crippen molar-refractivity contribution in [2.24, 2.45) is 11.8 Å². The van der Waals surface area contributed by atoms with Gasteiger partial charge in [0.25, 0.3) is 0 Å². The number of fused-ring (bicyclic) bond motifs is 5. The van der Waals surface area contributed by atoms with Crippen LogP contribution in [0.2, 0.25) is 0 Å². The van der Waals surface area contributed by atoms with Gasteiger partial charge in [-0.3, -0.25) is 4.79 Å². The number of aliphatic hydroxyl groups excluding tert-OH is 2. The van der Waals surface area contributed by atoms with Gasteiger partial charge in [-0.25, -0.2) is 0 Å². The third-order valence-corrected chi connectivity index (χ3v) is 5.84. The number of hydrogen-bond acceptors (Lipinski definition) is 4. The maximum atomic E-state index is 13.2. The molecule has 1 aromatic carbocycles. The first-order chi connectivity index (χ1) is 11.2. The summed E-state index contributed by atoms with van der Waals surface area (Å²) < 4.78 is 5.99. The molecule has 4 rings (SSSR count). The smallest absolute Gasteiger partial charge is 0.174 e. The second-order valence-corrected chi connectivity index (χ2v) is 7.59. The average Bonchev–Trinajstić information content (AvgIpc) is 3.07. The first-order valence-corrected chi connectivity index (χ1v) is 8.31. The van der Waals surface area contributed by atoms with Crippen molar-refractivity contribution in [3.63, 3.8) is 0 Å². The topological polar surface area (TPSA) is 66.8 Å². The molecule has 4 heteroatoms. The summed E-state index contributed by atoms with van der Waals surface area (Å²) in [5.74, 6) is -1.03. The zero-order valence-corrected chi connectivity index (χ0v) is 14.4. The lowest BCUT2D eigenvalue weighted by Crippen LogP contribution is -2.40. The molecule has 0 radical (unpaired) electrons. The van der Waals surface area contributed by atoms with E-state index in [9.17, 15) is 15.0 Å². The van der Waals surface area contributed by atoms with E-state index in [0.29, 0.717) is 5.57 Å². The Morgan fingerprint density at radius 3 is 2.33 bits per heavy atom. The zero-order valence-electron chi connectivity index (χ0n) is 14.4. The summed E-state index contributed by atoms with van der Waals surface area (Å²) in [5.41, 5.74) is 2.53. The van der Waals surface area contributed by atoms with E-state index in [2.05, 4.69) is 0 Å². The Morgan fingerprint density at radius 1 is 1.12 bits per heavy atom. The van der Waals surface area contributed by atoms with Crippen LogP contribution in [0.5, 0.6) is 0 Å². The highest BCUT2D eigenvalue weighted by Crippen LogP contribution is 2.60. The maximum Gasteiger partial charge on any atom is 0.174 e. The largest absolute Gasteiger partial charge is 0.511 e. The quantitative estimate of drug-likeness (QED) is 0.820. The van der Waals surface area contributed by atoms with Crippen molar-refractivity contribution in [2.75, 3.05) is 6.61 Å². The summed E-state index contributed by atoms with van der Waals surface area (Å²) in [7, 11) is 0. The lowest BCUT2D eigenvalue weighted by Gasteiger charge is -2.27. The second-order valence-electron chi connectivity index (χ2n) is 7.59. The van der Waals surface area contributed by atoms with Crippen molar-refractivity contribution in [3.8, 4) is 0 Å². The summed E-state index contributed by atoms with van der Waals surface area (Å²) in [6.45, 7) is 7.54.